The maximum atomic E-state index is 12.2. The summed E-state index contributed by atoms with van der Waals surface area (Å²) in [5, 5.41) is 19.6. The van der Waals surface area contributed by atoms with Crippen molar-refractivity contribution in [3.8, 4) is 0 Å². The van der Waals surface area contributed by atoms with Crippen LogP contribution in [0.2, 0.25) is 0 Å². The zero-order valence-electron chi connectivity index (χ0n) is 10.1. The van der Waals surface area contributed by atoms with E-state index in [1.54, 1.807) is 6.08 Å². The summed E-state index contributed by atoms with van der Waals surface area (Å²) in [6, 6.07) is 0. The zero-order valence-corrected chi connectivity index (χ0v) is 10.1. The van der Waals surface area contributed by atoms with Gasteiger partial charge in [0.1, 0.15) is 6.10 Å². The number of aliphatic hydroxyl groups excluding tert-OH is 2. The highest BCUT2D eigenvalue weighted by atomic mass is 16.3. The molecule has 2 N–H and O–H groups in total. The molecule has 3 rings (SSSR count). The third kappa shape index (κ3) is 1.16. The molecule has 3 nitrogen and oxygen atoms in total. The lowest BCUT2D eigenvalue weighted by atomic mass is 9.75. The lowest BCUT2D eigenvalue weighted by molar-refractivity contribution is -0.126. The molecule has 0 aromatic heterocycles. The number of hydrogen-bond donors (Lipinski definition) is 2. The Balaban J connectivity index is 2.24. The van der Waals surface area contributed by atoms with E-state index >= 15 is 0 Å². The van der Waals surface area contributed by atoms with Crippen molar-refractivity contribution in [3.05, 3.63) is 33.9 Å². The SMILES string of the molecule is CC1=C(CO)C2=C(C)C3(CC3)C(O)C(=O)C2=C1. The minimum atomic E-state index is -0.886. The second-order valence-corrected chi connectivity index (χ2v) is 5.30. The average molecular weight is 232 g/mol. The van der Waals surface area contributed by atoms with Crippen molar-refractivity contribution in [2.45, 2.75) is 32.8 Å². The molecule has 0 amide bonds. The quantitative estimate of drug-likeness (QED) is 0.716. The standard InChI is InChI=1S/C14H16O3/c1-7-5-9-11(10(7)6-15)8(2)14(3-4-14)13(17)12(9)16/h5,13,15,17H,3-4,6H2,1-2H3. The van der Waals surface area contributed by atoms with E-state index in [2.05, 4.69) is 0 Å². The molecule has 0 heterocycles. The largest absolute Gasteiger partial charge is 0.392 e. The van der Waals surface area contributed by atoms with Gasteiger partial charge in [-0.3, -0.25) is 4.79 Å². The number of aliphatic hydroxyl groups is 2. The van der Waals surface area contributed by atoms with Crippen LogP contribution in [-0.2, 0) is 4.79 Å². The van der Waals surface area contributed by atoms with Gasteiger partial charge in [0, 0.05) is 11.0 Å². The molecule has 3 aliphatic carbocycles. The number of carbonyl (C=O) groups excluding carboxylic acids is 1. The fraction of sp³-hybridized carbons (Fsp3) is 0.500. The summed E-state index contributed by atoms with van der Waals surface area (Å²) in [4.78, 5) is 12.2. The van der Waals surface area contributed by atoms with Crippen LogP contribution in [0.1, 0.15) is 26.7 Å². The molecule has 0 aromatic rings. The van der Waals surface area contributed by atoms with Gasteiger partial charge >= 0.3 is 0 Å². The van der Waals surface area contributed by atoms with Crippen LogP contribution in [-0.4, -0.2) is 28.7 Å². The predicted molar refractivity (Wildman–Crippen MR) is 63.2 cm³/mol. The number of allylic oxidation sites excluding steroid dienone is 2. The molecule has 1 unspecified atom stereocenters. The van der Waals surface area contributed by atoms with Crippen LogP contribution in [0.25, 0.3) is 0 Å². The van der Waals surface area contributed by atoms with Crippen molar-refractivity contribution in [3.63, 3.8) is 0 Å². The molecule has 0 radical (unpaired) electrons. The number of ketones is 1. The van der Waals surface area contributed by atoms with E-state index in [1.807, 2.05) is 13.8 Å². The van der Waals surface area contributed by atoms with Crippen molar-refractivity contribution in [1.29, 1.82) is 0 Å². The van der Waals surface area contributed by atoms with Gasteiger partial charge in [0.2, 0.25) is 0 Å². The van der Waals surface area contributed by atoms with Crippen LogP contribution in [0.15, 0.2) is 33.9 Å². The highest BCUT2D eigenvalue weighted by Gasteiger charge is 2.58. The van der Waals surface area contributed by atoms with Crippen molar-refractivity contribution in [2.75, 3.05) is 6.61 Å². The summed E-state index contributed by atoms with van der Waals surface area (Å²) in [5.41, 5.74) is 4.04. The Morgan fingerprint density at radius 2 is 2.06 bits per heavy atom. The molecule has 0 saturated heterocycles. The van der Waals surface area contributed by atoms with Crippen LogP contribution in [0.3, 0.4) is 0 Å². The van der Waals surface area contributed by atoms with Crippen molar-refractivity contribution >= 4 is 5.78 Å². The van der Waals surface area contributed by atoms with Crippen LogP contribution in [0.4, 0.5) is 0 Å². The molecule has 90 valence electrons. The number of Topliss-reactive ketones (excluding diaryl/α,β-unsaturated/α-hetero) is 1. The maximum Gasteiger partial charge on any atom is 0.192 e. The first-order valence-electron chi connectivity index (χ1n) is 5.99. The molecule has 0 aliphatic heterocycles. The van der Waals surface area contributed by atoms with Gasteiger partial charge in [0.25, 0.3) is 0 Å². The van der Waals surface area contributed by atoms with E-state index in [-0.39, 0.29) is 17.8 Å². The monoisotopic (exact) mass is 232 g/mol. The molecular formula is C14H16O3. The van der Waals surface area contributed by atoms with Gasteiger partial charge < -0.3 is 10.2 Å². The Morgan fingerprint density at radius 3 is 2.59 bits per heavy atom. The topological polar surface area (TPSA) is 57.5 Å². The maximum absolute atomic E-state index is 12.2. The van der Waals surface area contributed by atoms with Crippen LogP contribution in [0, 0.1) is 5.41 Å². The van der Waals surface area contributed by atoms with Gasteiger partial charge in [-0.2, -0.15) is 0 Å². The summed E-state index contributed by atoms with van der Waals surface area (Å²) in [5.74, 6) is -0.175. The number of hydrogen-bond acceptors (Lipinski definition) is 3. The number of rotatable bonds is 1. The van der Waals surface area contributed by atoms with E-state index in [1.165, 1.54) is 0 Å². The first-order valence-corrected chi connectivity index (χ1v) is 5.99. The van der Waals surface area contributed by atoms with Crippen molar-refractivity contribution < 1.29 is 15.0 Å². The molecule has 1 fully saturated rings. The minimum absolute atomic E-state index is 0.0437. The van der Waals surface area contributed by atoms with Crippen LogP contribution < -0.4 is 0 Å². The lowest BCUT2D eigenvalue weighted by Gasteiger charge is -2.31. The summed E-state index contributed by atoms with van der Waals surface area (Å²) in [6.45, 7) is 3.84. The number of carbonyl (C=O) groups is 1. The number of fused-ring (bicyclic) bond motifs is 1. The smallest absolute Gasteiger partial charge is 0.192 e. The summed E-state index contributed by atoms with van der Waals surface area (Å²) >= 11 is 0. The Kier molecular flexibility index (Phi) is 2.04. The van der Waals surface area contributed by atoms with Crippen molar-refractivity contribution in [1.82, 2.24) is 0 Å². The molecule has 0 aromatic carbocycles. The average Bonchev–Trinajstić information content (AvgIpc) is 3.04. The van der Waals surface area contributed by atoms with Gasteiger partial charge in [-0.05, 0) is 49.5 Å². The van der Waals surface area contributed by atoms with Gasteiger partial charge in [-0.15, -0.1) is 0 Å². The Hall–Kier alpha value is -1.19. The molecule has 3 heteroatoms. The fourth-order valence-electron chi connectivity index (χ4n) is 3.20. The molecular weight excluding hydrogens is 216 g/mol. The molecule has 1 atom stereocenters. The highest BCUT2D eigenvalue weighted by Crippen LogP contribution is 2.60. The second kappa shape index (κ2) is 3.18. The predicted octanol–water partition coefficient (Wildman–Crippen LogP) is 1.28. The molecule has 0 bridgehead atoms. The third-order valence-electron chi connectivity index (χ3n) is 4.51. The van der Waals surface area contributed by atoms with Crippen molar-refractivity contribution in [2.24, 2.45) is 5.41 Å². The van der Waals surface area contributed by atoms with Crippen LogP contribution in [0.5, 0.6) is 0 Å². The Morgan fingerprint density at radius 1 is 1.41 bits per heavy atom. The Bertz CT molecular complexity index is 516. The fourth-order valence-corrected chi connectivity index (χ4v) is 3.20. The second-order valence-electron chi connectivity index (χ2n) is 5.30. The van der Waals surface area contributed by atoms with Gasteiger partial charge in [-0.1, -0.05) is 5.57 Å². The molecule has 1 spiro atoms. The first-order chi connectivity index (χ1) is 8.03. The van der Waals surface area contributed by atoms with Gasteiger partial charge in [-0.25, -0.2) is 0 Å². The van der Waals surface area contributed by atoms with Gasteiger partial charge in [0.05, 0.1) is 6.61 Å². The molecule has 1 saturated carbocycles. The van der Waals surface area contributed by atoms with E-state index < -0.39 is 6.10 Å². The normalized spacial score (nSPS) is 30.0. The zero-order chi connectivity index (χ0) is 12.4. The van der Waals surface area contributed by atoms with E-state index in [0.29, 0.717) is 5.57 Å². The lowest BCUT2D eigenvalue weighted by Crippen LogP contribution is -2.38. The summed E-state index contributed by atoms with van der Waals surface area (Å²) in [6.07, 6.45) is 2.66. The third-order valence-corrected chi connectivity index (χ3v) is 4.51. The minimum Gasteiger partial charge on any atom is -0.392 e. The Labute approximate surface area is 100 Å². The van der Waals surface area contributed by atoms with E-state index in [9.17, 15) is 15.0 Å². The summed E-state index contributed by atoms with van der Waals surface area (Å²) in [7, 11) is 0. The molecule has 3 aliphatic rings. The van der Waals surface area contributed by atoms with E-state index in [4.69, 9.17) is 0 Å². The first kappa shape index (κ1) is 10.9. The summed E-state index contributed by atoms with van der Waals surface area (Å²) < 4.78 is 0. The van der Waals surface area contributed by atoms with Crippen LogP contribution >= 0.6 is 0 Å². The highest BCUT2D eigenvalue weighted by molar-refractivity contribution is 6.08. The van der Waals surface area contributed by atoms with Gasteiger partial charge in [0.15, 0.2) is 5.78 Å². The molecule has 17 heavy (non-hydrogen) atoms. The van der Waals surface area contributed by atoms with E-state index in [0.717, 1.165) is 35.1 Å².